The molecule has 0 saturated carbocycles. The molecule has 1 aromatic carbocycles. The Kier molecular flexibility index (Phi) is 5.41. The van der Waals surface area contributed by atoms with Crippen LogP contribution in [0.1, 0.15) is 55.0 Å². The van der Waals surface area contributed by atoms with Crippen molar-refractivity contribution in [2.24, 2.45) is 0 Å². The lowest BCUT2D eigenvalue weighted by atomic mass is 10.2. The molecule has 30 heavy (non-hydrogen) atoms. The lowest BCUT2D eigenvalue weighted by Crippen LogP contribution is -2.22. The summed E-state index contributed by atoms with van der Waals surface area (Å²) in [5, 5.41) is 10.8. The fraction of sp³-hybridized carbons (Fsp3) is 0.435. The third kappa shape index (κ3) is 3.28. The van der Waals surface area contributed by atoms with E-state index in [2.05, 4.69) is 21.5 Å². The van der Waals surface area contributed by atoms with Gasteiger partial charge < -0.3 is 0 Å². The molecule has 0 radical (unpaired) electrons. The highest BCUT2D eigenvalue weighted by molar-refractivity contribution is 7.99. The van der Waals surface area contributed by atoms with Crippen LogP contribution in [0.15, 0.2) is 34.2 Å². The van der Waals surface area contributed by atoms with Crippen LogP contribution in [0.5, 0.6) is 0 Å². The second-order valence-corrected chi connectivity index (χ2v) is 10.2. The number of hydrogen-bond donors (Lipinski definition) is 0. The van der Waals surface area contributed by atoms with E-state index in [1.165, 1.54) is 36.1 Å². The Morgan fingerprint density at radius 3 is 2.90 bits per heavy atom. The van der Waals surface area contributed by atoms with Crippen molar-refractivity contribution < 1.29 is 0 Å². The molecule has 0 atom stereocenters. The van der Waals surface area contributed by atoms with Gasteiger partial charge in [0.25, 0.3) is 5.56 Å². The van der Waals surface area contributed by atoms with Crippen molar-refractivity contribution in [1.82, 2.24) is 19.2 Å². The minimum atomic E-state index is 0.0365. The van der Waals surface area contributed by atoms with E-state index in [0.717, 1.165) is 51.6 Å². The van der Waals surface area contributed by atoms with E-state index < -0.39 is 0 Å². The van der Waals surface area contributed by atoms with Gasteiger partial charge in [0.1, 0.15) is 4.83 Å². The largest absolute Gasteiger partial charge is 0.268 e. The van der Waals surface area contributed by atoms with Gasteiger partial charge in [0, 0.05) is 10.6 Å². The summed E-state index contributed by atoms with van der Waals surface area (Å²) in [6, 6.07) is 8.08. The molecule has 5 rings (SSSR count). The van der Waals surface area contributed by atoms with Crippen LogP contribution < -0.4 is 5.56 Å². The summed E-state index contributed by atoms with van der Waals surface area (Å²) in [7, 11) is 0. The molecule has 0 N–H and O–H groups in total. The quantitative estimate of drug-likeness (QED) is 0.280. The highest BCUT2D eigenvalue weighted by atomic mass is 32.2. The topological polar surface area (TPSA) is 52.2 Å². The number of benzene rings is 1. The smallest absolute Gasteiger partial charge is 0.268 e. The zero-order chi connectivity index (χ0) is 20.7. The molecule has 1 aliphatic rings. The van der Waals surface area contributed by atoms with Gasteiger partial charge in [0.15, 0.2) is 5.16 Å². The first-order chi connectivity index (χ1) is 14.7. The SMILES string of the molecule is CCCCCCSc1nnc2n(-c3cccc(C)c3)c(=O)c3c4c(sc3n12)CCC4. The summed E-state index contributed by atoms with van der Waals surface area (Å²) in [5.74, 6) is 1.64. The molecule has 3 aromatic heterocycles. The van der Waals surface area contributed by atoms with Crippen molar-refractivity contribution in [3.63, 3.8) is 0 Å². The Labute approximate surface area is 184 Å². The zero-order valence-corrected chi connectivity index (χ0v) is 19.1. The molecule has 0 bridgehead atoms. The number of nitrogens with zero attached hydrogens (tertiary/aromatic N) is 4. The summed E-state index contributed by atoms with van der Waals surface area (Å²) in [5.41, 5.74) is 3.26. The van der Waals surface area contributed by atoms with Gasteiger partial charge in [-0.05, 0) is 55.9 Å². The van der Waals surface area contributed by atoms with Gasteiger partial charge in [-0.2, -0.15) is 0 Å². The molecule has 4 aromatic rings. The normalized spacial score (nSPS) is 13.5. The van der Waals surface area contributed by atoms with Crippen LogP contribution >= 0.6 is 23.1 Å². The van der Waals surface area contributed by atoms with E-state index in [1.807, 2.05) is 31.2 Å². The molecule has 0 unspecified atom stereocenters. The molecule has 0 aliphatic heterocycles. The average molecular weight is 439 g/mol. The summed E-state index contributed by atoms with van der Waals surface area (Å²) in [6.45, 7) is 4.28. The van der Waals surface area contributed by atoms with E-state index in [-0.39, 0.29) is 5.56 Å². The van der Waals surface area contributed by atoms with Gasteiger partial charge in [-0.15, -0.1) is 21.5 Å². The van der Waals surface area contributed by atoms with Crippen molar-refractivity contribution in [1.29, 1.82) is 0 Å². The first-order valence-electron chi connectivity index (χ1n) is 10.8. The number of unbranched alkanes of at least 4 members (excludes halogenated alkanes) is 3. The van der Waals surface area contributed by atoms with Crippen molar-refractivity contribution in [3.8, 4) is 5.69 Å². The van der Waals surface area contributed by atoms with E-state index in [4.69, 9.17) is 0 Å². The number of thioether (sulfide) groups is 1. The van der Waals surface area contributed by atoms with Crippen LogP contribution in [-0.2, 0) is 12.8 Å². The first-order valence-corrected chi connectivity index (χ1v) is 12.6. The molecule has 156 valence electrons. The number of aryl methyl sites for hydroxylation is 3. The molecule has 0 amide bonds. The highest BCUT2D eigenvalue weighted by Gasteiger charge is 2.26. The molecular formula is C23H26N4OS2. The molecule has 7 heteroatoms. The molecule has 0 saturated heterocycles. The Morgan fingerprint density at radius 2 is 2.07 bits per heavy atom. The van der Waals surface area contributed by atoms with Crippen LogP contribution in [0.25, 0.3) is 21.7 Å². The first kappa shape index (κ1) is 19.8. The van der Waals surface area contributed by atoms with Crippen molar-refractivity contribution >= 4 is 39.1 Å². The molecular weight excluding hydrogens is 412 g/mol. The Morgan fingerprint density at radius 1 is 1.17 bits per heavy atom. The zero-order valence-electron chi connectivity index (χ0n) is 17.5. The van der Waals surface area contributed by atoms with Crippen LogP contribution in [0.4, 0.5) is 0 Å². The van der Waals surface area contributed by atoms with Gasteiger partial charge in [0.05, 0.1) is 11.1 Å². The van der Waals surface area contributed by atoms with Gasteiger partial charge in [-0.25, -0.2) is 8.97 Å². The van der Waals surface area contributed by atoms with Crippen molar-refractivity contribution in [2.45, 2.75) is 63.9 Å². The minimum absolute atomic E-state index is 0.0365. The minimum Gasteiger partial charge on any atom is -0.268 e. The molecule has 1 aliphatic carbocycles. The van der Waals surface area contributed by atoms with E-state index in [1.54, 1.807) is 27.7 Å². The number of fused-ring (bicyclic) bond motifs is 5. The predicted molar refractivity (Wildman–Crippen MR) is 126 cm³/mol. The number of rotatable bonds is 7. The molecule has 5 nitrogen and oxygen atoms in total. The van der Waals surface area contributed by atoms with Gasteiger partial charge >= 0.3 is 0 Å². The third-order valence-corrected chi connectivity index (χ3v) is 8.12. The van der Waals surface area contributed by atoms with Gasteiger partial charge in [-0.3, -0.25) is 4.79 Å². The maximum atomic E-state index is 13.7. The van der Waals surface area contributed by atoms with E-state index >= 15 is 0 Å². The lowest BCUT2D eigenvalue weighted by molar-refractivity contribution is 0.706. The second-order valence-electron chi connectivity index (χ2n) is 8.04. The van der Waals surface area contributed by atoms with Gasteiger partial charge in [0.2, 0.25) is 5.78 Å². The summed E-state index contributed by atoms with van der Waals surface area (Å²) in [4.78, 5) is 16.1. The van der Waals surface area contributed by atoms with Crippen LogP contribution in [-0.4, -0.2) is 24.9 Å². The number of hydrogen-bond acceptors (Lipinski definition) is 5. The number of thiophene rings is 1. The second kappa shape index (κ2) is 8.19. The lowest BCUT2D eigenvalue weighted by Gasteiger charge is -2.10. The number of aromatic nitrogens is 4. The molecule has 0 fully saturated rings. The summed E-state index contributed by atoms with van der Waals surface area (Å²) in [6.07, 6.45) is 8.14. The standard InChI is InChI=1S/C23H26N4OS2/c1-3-4-5-6-13-29-23-25-24-22-26(16-10-7-9-15(2)14-16)20(28)19-17-11-8-12-18(17)30-21(19)27(22)23/h7,9-10,14H,3-6,8,11-13H2,1-2H3. The fourth-order valence-electron chi connectivity index (χ4n) is 4.34. The third-order valence-electron chi connectivity index (χ3n) is 5.83. The Balaban J connectivity index is 1.71. The summed E-state index contributed by atoms with van der Waals surface area (Å²) >= 11 is 3.52. The van der Waals surface area contributed by atoms with Crippen LogP contribution in [0, 0.1) is 6.92 Å². The highest BCUT2D eigenvalue weighted by Crippen LogP contribution is 2.37. The maximum Gasteiger partial charge on any atom is 0.268 e. The molecule has 3 heterocycles. The predicted octanol–water partition coefficient (Wildman–Crippen LogP) is 5.56. The monoisotopic (exact) mass is 438 g/mol. The van der Waals surface area contributed by atoms with Crippen LogP contribution in [0.3, 0.4) is 0 Å². The van der Waals surface area contributed by atoms with E-state index in [0.29, 0.717) is 5.78 Å². The van der Waals surface area contributed by atoms with Crippen LogP contribution in [0.2, 0.25) is 0 Å². The van der Waals surface area contributed by atoms with Crippen molar-refractivity contribution in [3.05, 3.63) is 50.6 Å². The Hall–Kier alpha value is -2.12. The Bertz CT molecular complexity index is 1280. The average Bonchev–Trinajstić information content (AvgIpc) is 3.42. The van der Waals surface area contributed by atoms with E-state index in [9.17, 15) is 4.79 Å². The maximum absolute atomic E-state index is 13.7. The fourth-order valence-corrected chi connectivity index (χ4v) is 6.71. The molecule has 0 spiro atoms. The van der Waals surface area contributed by atoms with Gasteiger partial charge in [-0.1, -0.05) is 50.1 Å². The van der Waals surface area contributed by atoms with Crippen molar-refractivity contribution in [2.75, 3.05) is 5.75 Å². The summed E-state index contributed by atoms with van der Waals surface area (Å²) < 4.78 is 3.89.